The van der Waals surface area contributed by atoms with Crippen LogP contribution in [-0.2, 0) is 7.05 Å². The first-order valence-electron chi connectivity index (χ1n) is 8.13. The van der Waals surface area contributed by atoms with Gasteiger partial charge in [0.05, 0.1) is 11.7 Å². The van der Waals surface area contributed by atoms with Crippen molar-refractivity contribution in [1.82, 2.24) is 19.7 Å². The Kier molecular flexibility index (Phi) is 3.61. The lowest BCUT2D eigenvalue weighted by atomic mass is 10.0. The van der Waals surface area contributed by atoms with Gasteiger partial charge in [-0.15, -0.1) is 0 Å². The van der Waals surface area contributed by atoms with Gasteiger partial charge in [-0.25, -0.2) is 0 Å². The van der Waals surface area contributed by atoms with E-state index in [2.05, 4.69) is 10.1 Å². The van der Waals surface area contributed by atoms with E-state index in [1.165, 1.54) is 0 Å². The van der Waals surface area contributed by atoms with Gasteiger partial charge in [0.15, 0.2) is 0 Å². The summed E-state index contributed by atoms with van der Waals surface area (Å²) in [5, 5.41) is 6.13. The Balaban J connectivity index is 1.70. The largest absolute Gasteiger partial charge is 0.361 e. The van der Waals surface area contributed by atoms with E-state index in [1.807, 2.05) is 49.3 Å². The number of fused-ring (bicyclic) bond motifs is 1. The second-order valence-electron chi connectivity index (χ2n) is 6.35. The first-order valence-corrected chi connectivity index (χ1v) is 8.51. The van der Waals surface area contributed by atoms with Gasteiger partial charge in [-0.3, -0.25) is 9.48 Å². The number of hydrogen-bond donors (Lipinski definition) is 1. The lowest BCUT2D eigenvalue weighted by Crippen LogP contribution is -2.30. The van der Waals surface area contributed by atoms with E-state index in [0.29, 0.717) is 10.7 Å². The Bertz CT molecular complexity index is 926. The van der Waals surface area contributed by atoms with Crippen LogP contribution >= 0.6 is 11.6 Å². The van der Waals surface area contributed by atoms with Gasteiger partial charge in [0.2, 0.25) is 0 Å². The SMILES string of the molecule is Cc1nn(C)c(Cl)c1C1CCCN1C(=O)c1ccc2cc[nH]c2c1. The van der Waals surface area contributed by atoms with Crippen LogP contribution in [0.2, 0.25) is 5.15 Å². The monoisotopic (exact) mass is 342 g/mol. The summed E-state index contributed by atoms with van der Waals surface area (Å²) in [7, 11) is 1.83. The maximum atomic E-state index is 13.1. The van der Waals surface area contributed by atoms with Crippen LogP contribution in [0.5, 0.6) is 0 Å². The number of carbonyl (C=O) groups excluding carboxylic acids is 1. The topological polar surface area (TPSA) is 53.9 Å². The van der Waals surface area contributed by atoms with E-state index in [0.717, 1.165) is 41.5 Å². The Morgan fingerprint density at radius 1 is 1.38 bits per heavy atom. The molecule has 1 unspecified atom stereocenters. The van der Waals surface area contributed by atoms with Gasteiger partial charge in [-0.2, -0.15) is 5.10 Å². The van der Waals surface area contributed by atoms with E-state index >= 15 is 0 Å². The molecule has 0 aliphatic carbocycles. The van der Waals surface area contributed by atoms with Crippen LogP contribution in [0.1, 0.15) is 40.5 Å². The summed E-state index contributed by atoms with van der Waals surface area (Å²) < 4.78 is 1.68. The van der Waals surface area contributed by atoms with Gasteiger partial charge in [-0.05, 0) is 43.4 Å². The minimum absolute atomic E-state index is 0.00182. The lowest BCUT2D eigenvalue weighted by Gasteiger charge is -2.25. The number of nitrogens with zero attached hydrogens (tertiary/aromatic N) is 3. The Labute approximate surface area is 145 Å². The molecule has 1 aliphatic rings. The number of likely N-dealkylation sites (tertiary alicyclic amines) is 1. The highest BCUT2D eigenvalue weighted by Crippen LogP contribution is 2.38. The summed E-state index contributed by atoms with van der Waals surface area (Å²) in [4.78, 5) is 18.2. The number of amides is 1. The first kappa shape index (κ1) is 15.3. The van der Waals surface area contributed by atoms with Crippen LogP contribution in [0.15, 0.2) is 30.5 Å². The quantitative estimate of drug-likeness (QED) is 0.769. The second kappa shape index (κ2) is 5.67. The number of benzene rings is 1. The fraction of sp³-hybridized carbons (Fsp3) is 0.333. The highest BCUT2D eigenvalue weighted by molar-refractivity contribution is 6.30. The van der Waals surface area contributed by atoms with Gasteiger partial charge in [0, 0.05) is 36.4 Å². The van der Waals surface area contributed by atoms with Crippen molar-refractivity contribution in [2.24, 2.45) is 7.05 Å². The van der Waals surface area contributed by atoms with E-state index in [9.17, 15) is 4.79 Å². The highest BCUT2D eigenvalue weighted by atomic mass is 35.5. The summed E-state index contributed by atoms with van der Waals surface area (Å²) in [6.07, 6.45) is 3.78. The van der Waals surface area contributed by atoms with Gasteiger partial charge in [-0.1, -0.05) is 17.7 Å². The summed E-state index contributed by atoms with van der Waals surface area (Å²) in [5.74, 6) is 0.0494. The van der Waals surface area contributed by atoms with Crippen molar-refractivity contribution >= 4 is 28.4 Å². The molecule has 1 aromatic carbocycles. The predicted octanol–water partition coefficient (Wildman–Crippen LogP) is 3.84. The van der Waals surface area contributed by atoms with Crippen molar-refractivity contribution in [2.45, 2.75) is 25.8 Å². The Morgan fingerprint density at radius 2 is 2.21 bits per heavy atom. The van der Waals surface area contributed by atoms with Crippen LogP contribution in [-0.4, -0.2) is 32.1 Å². The minimum Gasteiger partial charge on any atom is -0.361 e. The average molecular weight is 343 g/mol. The molecule has 5 nitrogen and oxygen atoms in total. The molecule has 24 heavy (non-hydrogen) atoms. The number of aromatic amines is 1. The number of hydrogen-bond acceptors (Lipinski definition) is 2. The molecule has 1 fully saturated rings. The van der Waals surface area contributed by atoms with E-state index < -0.39 is 0 Å². The maximum absolute atomic E-state index is 13.1. The summed E-state index contributed by atoms with van der Waals surface area (Å²) in [6, 6.07) is 7.79. The van der Waals surface area contributed by atoms with Gasteiger partial charge >= 0.3 is 0 Å². The zero-order valence-electron chi connectivity index (χ0n) is 13.7. The first-order chi connectivity index (χ1) is 11.6. The van der Waals surface area contributed by atoms with Crippen LogP contribution in [0.3, 0.4) is 0 Å². The number of aryl methyl sites for hydroxylation is 2. The lowest BCUT2D eigenvalue weighted by molar-refractivity contribution is 0.0735. The molecule has 124 valence electrons. The number of nitrogens with one attached hydrogen (secondary N) is 1. The molecule has 1 aliphatic heterocycles. The highest BCUT2D eigenvalue weighted by Gasteiger charge is 2.34. The number of H-pyrrole nitrogens is 1. The van der Waals surface area contributed by atoms with Gasteiger partial charge < -0.3 is 9.88 Å². The Morgan fingerprint density at radius 3 is 2.96 bits per heavy atom. The molecular weight excluding hydrogens is 324 g/mol. The minimum atomic E-state index is -0.00182. The van der Waals surface area contributed by atoms with Gasteiger partial charge in [0.1, 0.15) is 5.15 Å². The van der Waals surface area contributed by atoms with Crippen molar-refractivity contribution in [3.05, 3.63) is 52.4 Å². The van der Waals surface area contributed by atoms with Crippen molar-refractivity contribution in [3.8, 4) is 0 Å². The second-order valence-corrected chi connectivity index (χ2v) is 6.71. The van der Waals surface area contributed by atoms with Crippen LogP contribution in [0, 0.1) is 6.92 Å². The molecule has 0 spiro atoms. The maximum Gasteiger partial charge on any atom is 0.254 e. The van der Waals surface area contributed by atoms with Crippen LogP contribution in [0.25, 0.3) is 10.9 Å². The summed E-state index contributed by atoms with van der Waals surface area (Å²) in [5.41, 5.74) is 3.56. The molecule has 1 atom stereocenters. The van der Waals surface area contributed by atoms with E-state index in [-0.39, 0.29) is 11.9 Å². The molecule has 0 radical (unpaired) electrons. The number of rotatable bonds is 2. The zero-order valence-corrected chi connectivity index (χ0v) is 14.5. The van der Waals surface area contributed by atoms with E-state index in [4.69, 9.17) is 11.6 Å². The molecule has 3 heterocycles. The van der Waals surface area contributed by atoms with Crippen LogP contribution < -0.4 is 0 Å². The smallest absolute Gasteiger partial charge is 0.254 e. The molecule has 2 aromatic heterocycles. The predicted molar refractivity (Wildman–Crippen MR) is 94.3 cm³/mol. The molecule has 4 rings (SSSR count). The normalized spacial score (nSPS) is 17.8. The third-order valence-corrected chi connectivity index (χ3v) is 5.29. The Hall–Kier alpha value is -2.27. The third kappa shape index (κ3) is 2.31. The van der Waals surface area contributed by atoms with Gasteiger partial charge in [0.25, 0.3) is 5.91 Å². The summed E-state index contributed by atoms with van der Waals surface area (Å²) in [6.45, 7) is 2.70. The molecule has 1 amide bonds. The molecule has 6 heteroatoms. The third-order valence-electron chi connectivity index (χ3n) is 4.85. The zero-order chi connectivity index (χ0) is 16.8. The van der Waals surface area contributed by atoms with E-state index in [1.54, 1.807) is 4.68 Å². The molecule has 1 N–H and O–H groups in total. The van der Waals surface area contributed by atoms with Crippen LogP contribution in [0.4, 0.5) is 0 Å². The summed E-state index contributed by atoms with van der Waals surface area (Å²) >= 11 is 6.43. The standard InChI is InChI=1S/C18H19ClN4O/c1-11-16(17(19)22(2)21-11)15-4-3-9-23(15)18(24)13-6-5-12-7-8-20-14(12)10-13/h5-8,10,15,20H,3-4,9H2,1-2H3. The molecule has 3 aromatic rings. The van der Waals surface area contributed by atoms with Crippen molar-refractivity contribution in [2.75, 3.05) is 6.54 Å². The molecular formula is C18H19ClN4O. The number of halogens is 1. The average Bonchev–Trinajstić information content (AvgIpc) is 3.26. The van der Waals surface area contributed by atoms with Crippen molar-refractivity contribution < 1.29 is 4.79 Å². The van der Waals surface area contributed by atoms with Crippen molar-refractivity contribution in [1.29, 1.82) is 0 Å². The molecule has 0 saturated carbocycles. The number of aromatic nitrogens is 3. The molecule has 0 bridgehead atoms. The van der Waals surface area contributed by atoms with Crippen molar-refractivity contribution in [3.63, 3.8) is 0 Å². The molecule has 1 saturated heterocycles. The fourth-order valence-corrected chi connectivity index (χ4v) is 3.98. The fourth-order valence-electron chi connectivity index (χ4n) is 3.68. The number of carbonyl (C=O) groups is 1.